The van der Waals surface area contributed by atoms with Gasteiger partial charge in [-0.1, -0.05) is 27.7 Å². The van der Waals surface area contributed by atoms with Crippen LogP contribution in [0, 0.1) is 63.6 Å². The van der Waals surface area contributed by atoms with Crippen LogP contribution in [0.1, 0.15) is 79.1 Å². The lowest BCUT2D eigenvalue weighted by Crippen LogP contribution is -2.55. The van der Waals surface area contributed by atoms with Crippen LogP contribution in [-0.4, -0.2) is 0 Å². The average Bonchev–Trinajstić information content (AvgIpc) is 2.88. The molecule has 23 heavy (non-hydrogen) atoms. The van der Waals surface area contributed by atoms with Gasteiger partial charge in [0.2, 0.25) is 0 Å². The summed E-state index contributed by atoms with van der Waals surface area (Å²) in [5.74, 6) is 5.86. The SMILES string of the molecule is C[C@H]1[C@H](C)CC[C@@]2(C)[C@H]1CC[C@@H]1[C@@H]2CC[C@]2(C)[C@@H](C#N)CC[C@@H]12. The first-order valence-corrected chi connectivity index (χ1v) is 10.3. The van der Waals surface area contributed by atoms with E-state index in [1.54, 1.807) is 0 Å². The van der Waals surface area contributed by atoms with Gasteiger partial charge in [0.1, 0.15) is 0 Å². The number of hydrogen-bond donors (Lipinski definition) is 0. The van der Waals surface area contributed by atoms with Gasteiger partial charge in [-0.15, -0.1) is 0 Å². The first-order valence-electron chi connectivity index (χ1n) is 10.3. The van der Waals surface area contributed by atoms with Crippen molar-refractivity contribution in [2.24, 2.45) is 52.3 Å². The van der Waals surface area contributed by atoms with Crippen molar-refractivity contribution in [2.75, 3.05) is 0 Å². The van der Waals surface area contributed by atoms with Crippen molar-refractivity contribution in [3.8, 4) is 6.07 Å². The quantitative estimate of drug-likeness (QED) is 0.534. The predicted molar refractivity (Wildman–Crippen MR) is 94.5 cm³/mol. The van der Waals surface area contributed by atoms with Crippen LogP contribution in [0.15, 0.2) is 0 Å². The highest BCUT2D eigenvalue weighted by Gasteiger charge is 2.60. The number of rotatable bonds is 0. The zero-order chi connectivity index (χ0) is 16.4. The fraction of sp³-hybridized carbons (Fsp3) is 0.955. The molecule has 128 valence electrons. The maximum Gasteiger partial charge on any atom is 0.0661 e. The number of nitrogens with zero attached hydrogens (tertiary/aromatic N) is 1. The normalized spacial score (nSPS) is 58.7. The molecule has 9 atom stereocenters. The molecule has 0 aromatic rings. The van der Waals surface area contributed by atoms with Crippen molar-refractivity contribution in [3.05, 3.63) is 0 Å². The lowest BCUT2D eigenvalue weighted by atomic mass is 9.43. The predicted octanol–water partition coefficient (Wildman–Crippen LogP) is 6.05. The average molecular weight is 314 g/mol. The summed E-state index contributed by atoms with van der Waals surface area (Å²) in [6.07, 6.45) is 11.1. The summed E-state index contributed by atoms with van der Waals surface area (Å²) >= 11 is 0. The van der Waals surface area contributed by atoms with Gasteiger partial charge in [0.15, 0.2) is 0 Å². The van der Waals surface area contributed by atoms with Crippen LogP contribution >= 0.6 is 0 Å². The van der Waals surface area contributed by atoms with Crippen LogP contribution in [-0.2, 0) is 0 Å². The molecule has 4 saturated carbocycles. The van der Waals surface area contributed by atoms with Gasteiger partial charge in [0.05, 0.1) is 12.0 Å². The minimum Gasteiger partial charge on any atom is -0.198 e. The molecule has 0 N–H and O–H groups in total. The largest absolute Gasteiger partial charge is 0.198 e. The zero-order valence-electron chi connectivity index (χ0n) is 15.6. The molecule has 0 amide bonds. The molecular formula is C22H35N. The molecule has 4 aliphatic rings. The van der Waals surface area contributed by atoms with Gasteiger partial charge < -0.3 is 0 Å². The maximum absolute atomic E-state index is 9.62. The Bertz CT molecular complexity index is 519. The van der Waals surface area contributed by atoms with E-state index < -0.39 is 0 Å². The van der Waals surface area contributed by atoms with Gasteiger partial charge in [0, 0.05) is 0 Å². The minimum atomic E-state index is 0.337. The molecule has 0 bridgehead atoms. The summed E-state index contributed by atoms with van der Waals surface area (Å²) in [6.45, 7) is 10.2. The lowest BCUT2D eigenvalue weighted by Gasteiger charge is -2.62. The second kappa shape index (κ2) is 5.24. The van der Waals surface area contributed by atoms with E-state index >= 15 is 0 Å². The van der Waals surface area contributed by atoms with Gasteiger partial charge in [0.25, 0.3) is 0 Å². The number of hydrogen-bond acceptors (Lipinski definition) is 1. The topological polar surface area (TPSA) is 23.8 Å². The van der Waals surface area contributed by atoms with Crippen molar-refractivity contribution in [1.82, 2.24) is 0 Å². The molecular weight excluding hydrogens is 278 g/mol. The van der Waals surface area contributed by atoms with E-state index in [4.69, 9.17) is 0 Å². The maximum atomic E-state index is 9.62. The second-order valence-corrected chi connectivity index (χ2v) is 10.2. The molecule has 1 heteroatoms. The van der Waals surface area contributed by atoms with E-state index in [9.17, 15) is 5.26 Å². The minimum absolute atomic E-state index is 0.337. The van der Waals surface area contributed by atoms with Crippen LogP contribution in [0.2, 0.25) is 0 Å². The third-order valence-electron chi connectivity index (χ3n) is 9.77. The zero-order valence-corrected chi connectivity index (χ0v) is 15.6. The first kappa shape index (κ1) is 16.0. The molecule has 0 radical (unpaired) electrons. The van der Waals surface area contributed by atoms with Gasteiger partial charge in [-0.05, 0) is 97.7 Å². The Morgan fingerprint density at radius 2 is 1.43 bits per heavy atom. The summed E-state index contributed by atoms with van der Waals surface area (Å²) in [6, 6.07) is 2.68. The molecule has 0 heterocycles. The summed E-state index contributed by atoms with van der Waals surface area (Å²) in [7, 11) is 0. The molecule has 4 fully saturated rings. The first-order chi connectivity index (χ1) is 10.9. The van der Waals surface area contributed by atoms with Gasteiger partial charge in [-0.25, -0.2) is 0 Å². The summed E-state index contributed by atoms with van der Waals surface area (Å²) in [5.41, 5.74) is 0.938. The number of nitriles is 1. The van der Waals surface area contributed by atoms with Crippen LogP contribution < -0.4 is 0 Å². The molecule has 0 unspecified atom stereocenters. The monoisotopic (exact) mass is 313 g/mol. The molecule has 4 aliphatic carbocycles. The molecule has 0 aliphatic heterocycles. The van der Waals surface area contributed by atoms with Crippen LogP contribution in [0.5, 0.6) is 0 Å². The number of fused-ring (bicyclic) bond motifs is 5. The van der Waals surface area contributed by atoms with Crippen molar-refractivity contribution in [2.45, 2.75) is 79.1 Å². The highest BCUT2D eigenvalue weighted by Crippen LogP contribution is 2.68. The molecule has 0 aromatic heterocycles. The summed E-state index contributed by atoms with van der Waals surface area (Å²) in [5, 5.41) is 9.62. The van der Waals surface area contributed by atoms with E-state index in [1.165, 1.54) is 51.4 Å². The van der Waals surface area contributed by atoms with E-state index in [-0.39, 0.29) is 0 Å². The standard InChI is InChI=1S/C22H35N/c1-14-9-11-22(4)18(15(14)2)8-6-17-19-7-5-16(13-23)21(19,3)12-10-20(17)22/h14-20H,5-12H2,1-4H3/t14-,15+,16-,17+,18+,19+,20+,21-,22+/m1/s1. The fourth-order valence-corrected chi connectivity index (χ4v) is 8.13. The van der Waals surface area contributed by atoms with Gasteiger partial charge in [-0.2, -0.15) is 5.26 Å². The Balaban J connectivity index is 1.64. The van der Waals surface area contributed by atoms with E-state index in [0.717, 1.165) is 35.5 Å². The summed E-state index contributed by atoms with van der Waals surface area (Å²) < 4.78 is 0. The van der Waals surface area contributed by atoms with Crippen molar-refractivity contribution >= 4 is 0 Å². The summed E-state index contributed by atoms with van der Waals surface area (Å²) in [4.78, 5) is 0. The van der Waals surface area contributed by atoms with Crippen molar-refractivity contribution < 1.29 is 0 Å². The molecule has 0 saturated heterocycles. The molecule has 4 rings (SSSR count). The molecule has 0 spiro atoms. The van der Waals surface area contributed by atoms with E-state index in [0.29, 0.717) is 16.7 Å². The Morgan fingerprint density at radius 1 is 0.783 bits per heavy atom. The molecule has 0 aromatic carbocycles. The van der Waals surface area contributed by atoms with Gasteiger partial charge in [-0.3, -0.25) is 0 Å². The Kier molecular flexibility index (Phi) is 3.64. The highest BCUT2D eigenvalue weighted by atomic mass is 14.6. The van der Waals surface area contributed by atoms with E-state index in [1.807, 2.05) is 0 Å². The van der Waals surface area contributed by atoms with E-state index in [2.05, 4.69) is 33.8 Å². The third kappa shape index (κ3) is 2.03. The highest BCUT2D eigenvalue weighted by molar-refractivity contribution is 5.12. The van der Waals surface area contributed by atoms with Crippen LogP contribution in [0.25, 0.3) is 0 Å². The fourth-order valence-electron chi connectivity index (χ4n) is 8.13. The smallest absolute Gasteiger partial charge is 0.0661 e. The van der Waals surface area contributed by atoms with Crippen LogP contribution in [0.3, 0.4) is 0 Å². The molecule has 1 nitrogen and oxygen atoms in total. The Labute approximate surface area is 143 Å². The Hall–Kier alpha value is -0.510. The van der Waals surface area contributed by atoms with Crippen molar-refractivity contribution in [3.63, 3.8) is 0 Å². The Morgan fingerprint density at radius 3 is 2.17 bits per heavy atom. The van der Waals surface area contributed by atoms with Gasteiger partial charge >= 0.3 is 0 Å². The van der Waals surface area contributed by atoms with Crippen LogP contribution in [0.4, 0.5) is 0 Å². The third-order valence-corrected chi connectivity index (χ3v) is 9.77. The lowest BCUT2D eigenvalue weighted by molar-refractivity contribution is -0.131. The van der Waals surface area contributed by atoms with Crippen molar-refractivity contribution in [1.29, 1.82) is 5.26 Å². The second-order valence-electron chi connectivity index (χ2n) is 10.2.